The summed E-state index contributed by atoms with van der Waals surface area (Å²) in [6.45, 7) is 0. The molecule has 104 valence electrons. The van der Waals surface area contributed by atoms with E-state index in [0.29, 0.717) is 5.69 Å². The maximum atomic E-state index is 11.9. The number of nitrogens with zero attached hydrogens (tertiary/aromatic N) is 2. The lowest BCUT2D eigenvalue weighted by Gasteiger charge is -2.07. The molecule has 6 heteroatoms. The van der Waals surface area contributed by atoms with Crippen molar-refractivity contribution in [1.82, 2.24) is 14.8 Å². The van der Waals surface area contributed by atoms with E-state index in [0.717, 1.165) is 4.68 Å². The van der Waals surface area contributed by atoms with Crippen molar-refractivity contribution in [2.24, 2.45) is 0 Å². The zero-order valence-corrected chi connectivity index (χ0v) is 10.9. The molecule has 0 unspecified atom stereocenters. The number of H-pyrrole nitrogens is 1. The molecule has 0 saturated carbocycles. The Morgan fingerprint density at radius 2 is 1.62 bits per heavy atom. The predicted molar refractivity (Wildman–Crippen MR) is 77.6 cm³/mol. The number of hydrogen-bond donors (Lipinski definition) is 2. The van der Waals surface area contributed by atoms with E-state index in [-0.39, 0.29) is 17.0 Å². The minimum atomic E-state index is -0.645. The highest BCUT2D eigenvalue weighted by Gasteiger charge is 2.13. The van der Waals surface area contributed by atoms with Crippen molar-refractivity contribution in [3.63, 3.8) is 0 Å². The molecule has 21 heavy (non-hydrogen) atoms. The quantitative estimate of drug-likeness (QED) is 0.741. The largest absolute Gasteiger partial charge is 0.507 e. The molecule has 0 aliphatic rings. The third-order valence-electron chi connectivity index (χ3n) is 2.99. The summed E-state index contributed by atoms with van der Waals surface area (Å²) in [4.78, 5) is 26.0. The predicted octanol–water partition coefficient (Wildman–Crippen LogP) is 1.29. The summed E-state index contributed by atoms with van der Waals surface area (Å²) < 4.78 is 1.09. The van der Waals surface area contributed by atoms with Crippen LogP contribution >= 0.6 is 0 Å². The van der Waals surface area contributed by atoms with Gasteiger partial charge in [0.25, 0.3) is 5.56 Å². The standard InChI is InChI=1S/C15H11N3O3/c19-12-9-5-4-8-11(12)13-14(20)16-15(21)18(17-13)10-6-2-1-3-7-10/h1-9,19H,(H,16,20,21). The molecule has 0 aliphatic heterocycles. The smallest absolute Gasteiger partial charge is 0.349 e. The van der Waals surface area contributed by atoms with Crippen molar-refractivity contribution >= 4 is 0 Å². The van der Waals surface area contributed by atoms with E-state index in [4.69, 9.17) is 0 Å². The molecule has 0 bridgehead atoms. The van der Waals surface area contributed by atoms with Crippen molar-refractivity contribution < 1.29 is 5.11 Å². The van der Waals surface area contributed by atoms with Crippen LogP contribution in [0.4, 0.5) is 0 Å². The van der Waals surface area contributed by atoms with Gasteiger partial charge in [-0.15, -0.1) is 0 Å². The monoisotopic (exact) mass is 281 g/mol. The van der Waals surface area contributed by atoms with Crippen LogP contribution in [-0.4, -0.2) is 19.9 Å². The van der Waals surface area contributed by atoms with E-state index in [1.165, 1.54) is 6.07 Å². The van der Waals surface area contributed by atoms with Crippen LogP contribution in [0.2, 0.25) is 0 Å². The van der Waals surface area contributed by atoms with Gasteiger partial charge in [0.1, 0.15) is 5.75 Å². The maximum absolute atomic E-state index is 11.9. The Balaban J connectivity index is 2.27. The van der Waals surface area contributed by atoms with Gasteiger partial charge in [0, 0.05) is 5.56 Å². The van der Waals surface area contributed by atoms with Gasteiger partial charge in [0.2, 0.25) is 0 Å². The summed E-state index contributed by atoms with van der Waals surface area (Å²) in [5.74, 6) is -0.0752. The van der Waals surface area contributed by atoms with E-state index in [2.05, 4.69) is 10.1 Å². The molecular weight excluding hydrogens is 270 g/mol. The molecule has 3 rings (SSSR count). The molecule has 0 radical (unpaired) electrons. The van der Waals surface area contributed by atoms with Gasteiger partial charge in [0.05, 0.1) is 5.69 Å². The second kappa shape index (κ2) is 5.09. The van der Waals surface area contributed by atoms with Gasteiger partial charge in [-0.2, -0.15) is 9.78 Å². The number of aromatic amines is 1. The van der Waals surface area contributed by atoms with Gasteiger partial charge >= 0.3 is 5.69 Å². The third kappa shape index (κ3) is 2.34. The normalized spacial score (nSPS) is 10.5. The van der Waals surface area contributed by atoms with E-state index in [1.807, 2.05) is 6.07 Å². The summed E-state index contributed by atoms with van der Waals surface area (Å²) >= 11 is 0. The molecule has 1 heterocycles. The molecule has 6 nitrogen and oxygen atoms in total. The average Bonchev–Trinajstić information content (AvgIpc) is 2.49. The minimum Gasteiger partial charge on any atom is -0.507 e. The van der Waals surface area contributed by atoms with E-state index >= 15 is 0 Å². The highest BCUT2D eigenvalue weighted by molar-refractivity contribution is 5.65. The van der Waals surface area contributed by atoms with E-state index in [1.54, 1.807) is 42.5 Å². The first-order valence-electron chi connectivity index (χ1n) is 6.24. The first-order valence-corrected chi connectivity index (χ1v) is 6.24. The molecule has 0 saturated heterocycles. The molecule has 1 aromatic heterocycles. The van der Waals surface area contributed by atoms with Gasteiger partial charge in [-0.1, -0.05) is 30.3 Å². The fraction of sp³-hybridized carbons (Fsp3) is 0. The van der Waals surface area contributed by atoms with Crippen molar-refractivity contribution in [3.8, 4) is 22.7 Å². The van der Waals surface area contributed by atoms with Gasteiger partial charge in [-0.05, 0) is 24.3 Å². The number of aromatic hydroxyl groups is 1. The summed E-state index contributed by atoms with van der Waals surface area (Å²) in [7, 11) is 0. The second-order valence-corrected chi connectivity index (χ2v) is 4.37. The Morgan fingerprint density at radius 3 is 2.33 bits per heavy atom. The fourth-order valence-corrected chi connectivity index (χ4v) is 1.99. The lowest BCUT2D eigenvalue weighted by molar-refractivity contribution is 0.476. The van der Waals surface area contributed by atoms with Crippen LogP contribution in [0.3, 0.4) is 0 Å². The zero-order valence-electron chi connectivity index (χ0n) is 10.9. The highest BCUT2D eigenvalue weighted by Crippen LogP contribution is 2.23. The van der Waals surface area contributed by atoms with E-state index < -0.39 is 11.2 Å². The van der Waals surface area contributed by atoms with Crippen LogP contribution < -0.4 is 11.2 Å². The van der Waals surface area contributed by atoms with Crippen molar-refractivity contribution in [1.29, 1.82) is 0 Å². The summed E-state index contributed by atoms with van der Waals surface area (Å²) in [5, 5.41) is 13.9. The fourth-order valence-electron chi connectivity index (χ4n) is 1.99. The second-order valence-electron chi connectivity index (χ2n) is 4.37. The first kappa shape index (κ1) is 12.9. The topological polar surface area (TPSA) is 88.0 Å². The van der Waals surface area contributed by atoms with Crippen molar-refractivity contribution in [2.75, 3.05) is 0 Å². The number of hydrogen-bond acceptors (Lipinski definition) is 4. The van der Waals surface area contributed by atoms with Crippen molar-refractivity contribution in [2.45, 2.75) is 0 Å². The van der Waals surface area contributed by atoms with Crippen LogP contribution in [0.15, 0.2) is 64.2 Å². The number of benzene rings is 2. The molecule has 2 N–H and O–H groups in total. The molecule has 0 spiro atoms. The Kier molecular flexibility index (Phi) is 3.12. The minimum absolute atomic E-state index is 0.0171. The molecule has 0 atom stereocenters. The number of phenols is 1. The van der Waals surface area contributed by atoms with Crippen LogP contribution in [0.25, 0.3) is 16.9 Å². The number of aromatic nitrogens is 3. The van der Waals surface area contributed by atoms with Gasteiger partial charge < -0.3 is 5.11 Å². The summed E-state index contributed by atoms with van der Waals surface area (Å²) in [5.41, 5.74) is -0.505. The first-order chi connectivity index (χ1) is 10.2. The SMILES string of the molecule is O=c1[nH]c(=O)n(-c2ccccc2)nc1-c1ccccc1O. The number of para-hydroxylation sites is 2. The Labute approximate surface area is 119 Å². The molecule has 2 aromatic carbocycles. The Bertz CT molecular complexity index is 898. The maximum Gasteiger partial charge on any atom is 0.349 e. The van der Waals surface area contributed by atoms with Crippen LogP contribution in [0, 0.1) is 0 Å². The van der Waals surface area contributed by atoms with Gasteiger partial charge in [0.15, 0.2) is 5.69 Å². The van der Waals surface area contributed by atoms with Crippen LogP contribution in [0.1, 0.15) is 0 Å². The number of rotatable bonds is 2. The molecular formula is C15H11N3O3. The van der Waals surface area contributed by atoms with Gasteiger partial charge in [-0.3, -0.25) is 9.78 Å². The van der Waals surface area contributed by atoms with Crippen LogP contribution in [-0.2, 0) is 0 Å². The average molecular weight is 281 g/mol. The van der Waals surface area contributed by atoms with Gasteiger partial charge in [-0.25, -0.2) is 4.79 Å². The molecule has 0 aliphatic carbocycles. The van der Waals surface area contributed by atoms with E-state index in [9.17, 15) is 14.7 Å². The zero-order chi connectivity index (χ0) is 14.8. The lowest BCUT2D eigenvalue weighted by atomic mass is 10.1. The summed E-state index contributed by atoms with van der Waals surface area (Å²) in [6.07, 6.45) is 0. The highest BCUT2D eigenvalue weighted by atomic mass is 16.3. The Hall–Kier alpha value is -3.15. The third-order valence-corrected chi connectivity index (χ3v) is 2.99. The number of nitrogens with one attached hydrogen (secondary N) is 1. The molecule has 0 fully saturated rings. The van der Waals surface area contributed by atoms with Crippen LogP contribution in [0.5, 0.6) is 5.75 Å². The molecule has 0 amide bonds. The lowest BCUT2D eigenvalue weighted by Crippen LogP contribution is -2.32. The number of phenolic OH excluding ortho intramolecular Hbond substituents is 1. The Morgan fingerprint density at radius 1 is 0.952 bits per heavy atom. The summed E-state index contributed by atoms with van der Waals surface area (Å²) in [6, 6.07) is 15.0. The molecule has 3 aromatic rings. The van der Waals surface area contributed by atoms with Crippen molar-refractivity contribution in [3.05, 3.63) is 75.4 Å².